The van der Waals surface area contributed by atoms with E-state index in [0.717, 1.165) is 16.3 Å². The third-order valence-electron chi connectivity index (χ3n) is 5.51. The maximum atomic E-state index is 12.9. The molecule has 0 fully saturated rings. The van der Waals surface area contributed by atoms with Crippen molar-refractivity contribution in [2.75, 3.05) is 12.4 Å². The molecule has 0 aliphatic carbocycles. The largest absolute Gasteiger partial charge is 0.497 e. The van der Waals surface area contributed by atoms with E-state index in [0.29, 0.717) is 17.0 Å². The van der Waals surface area contributed by atoms with Gasteiger partial charge in [0.15, 0.2) is 11.7 Å². The second-order valence-corrected chi connectivity index (χ2v) is 7.62. The minimum absolute atomic E-state index is 0.0300. The van der Waals surface area contributed by atoms with E-state index in [2.05, 4.69) is 5.32 Å². The molecule has 3 aromatic carbocycles. The second kappa shape index (κ2) is 8.98. The molecule has 4 aromatic rings. The molecule has 2 N–H and O–H groups in total. The fourth-order valence-electron chi connectivity index (χ4n) is 3.78. The molecule has 4 rings (SSSR count). The van der Waals surface area contributed by atoms with Gasteiger partial charge in [-0.25, -0.2) is 0 Å². The topological polar surface area (TPSA) is 80.6 Å². The van der Waals surface area contributed by atoms with Gasteiger partial charge in [0.25, 0.3) is 0 Å². The van der Waals surface area contributed by atoms with Gasteiger partial charge in [0.1, 0.15) is 5.75 Å². The van der Waals surface area contributed by atoms with Crippen LogP contribution in [0, 0.1) is 0 Å². The Morgan fingerprint density at radius 3 is 2.31 bits per heavy atom. The molecule has 0 saturated heterocycles. The number of ether oxygens (including phenoxy) is 1. The van der Waals surface area contributed by atoms with Crippen LogP contribution < -0.4 is 10.1 Å². The molecule has 0 radical (unpaired) electrons. The molecule has 162 valence electrons. The molecule has 32 heavy (non-hydrogen) atoms. The van der Waals surface area contributed by atoms with E-state index in [9.17, 15) is 14.7 Å². The van der Waals surface area contributed by atoms with Crippen LogP contribution in [-0.2, 0) is 4.79 Å². The third-order valence-corrected chi connectivity index (χ3v) is 5.51. The molecule has 0 saturated carbocycles. The highest BCUT2D eigenvalue weighted by molar-refractivity contribution is 5.96. The molecule has 0 aliphatic rings. The summed E-state index contributed by atoms with van der Waals surface area (Å²) in [5, 5.41) is 15.4. The highest BCUT2D eigenvalue weighted by Crippen LogP contribution is 2.35. The van der Waals surface area contributed by atoms with Crippen LogP contribution in [-0.4, -0.2) is 28.5 Å². The maximum Gasteiger partial charge on any atom is 0.226 e. The Hall–Kier alpha value is -4.06. The zero-order valence-electron chi connectivity index (χ0n) is 17.9. The van der Waals surface area contributed by atoms with E-state index in [1.54, 1.807) is 35.9 Å². The van der Waals surface area contributed by atoms with E-state index < -0.39 is 6.04 Å². The fraction of sp³-hybridized carbons (Fsp3) is 0.154. The summed E-state index contributed by atoms with van der Waals surface area (Å²) < 4.78 is 6.98. The Morgan fingerprint density at radius 1 is 1.00 bits per heavy atom. The first kappa shape index (κ1) is 21.2. The number of methoxy groups -OCH3 is 1. The lowest BCUT2D eigenvalue weighted by atomic mass is 10.0. The third kappa shape index (κ3) is 4.34. The normalized spacial score (nSPS) is 11.8. The number of hydrogen-bond donors (Lipinski definition) is 2. The van der Waals surface area contributed by atoms with E-state index in [-0.39, 0.29) is 24.0 Å². The molecule has 0 bridgehead atoms. The van der Waals surface area contributed by atoms with Gasteiger partial charge >= 0.3 is 0 Å². The van der Waals surface area contributed by atoms with Gasteiger partial charge in [-0.3, -0.25) is 9.59 Å². The lowest BCUT2D eigenvalue weighted by Gasteiger charge is -2.20. The van der Waals surface area contributed by atoms with Crippen molar-refractivity contribution in [2.45, 2.75) is 19.4 Å². The van der Waals surface area contributed by atoms with Crippen LogP contribution in [0.5, 0.6) is 11.6 Å². The van der Waals surface area contributed by atoms with E-state index in [1.165, 1.54) is 6.92 Å². The van der Waals surface area contributed by atoms with Gasteiger partial charge in [0.2, 0.25) is 5.91 Å². The van der Waals surface area contributed by atoms with Gasteiger partial charge in [-0.15, -0.1) is 0 Å². The average molecular weight is 428 g/mol. The lowest BCUT2D eigenvalue weighted by Crippen LogP contribution is -2.20. The van der Waals surface area contributed by atoms with Crippen molar-refractivity contribution >= 4 is 28.2 Å². The van der Waals surface area contributed by atoms with Gasteiger partial charge in [-0.1, -0.05) is 30.3 Å². The number of benzene rings is 3. The van der Waals surface area contributed by atoms with E-state index in [1.807, 2.05) is 54.7 Å². The first-order valence-corrected chi connectivity index (χ1v) is 10.3. The van der Waals surface area contributed by atoms with E-state index >= 15 is 0 Å². The van der Waals surface area contributed by atoms with Crippen molar-refractivity contribution in [1.82, 2.24) is 4.57 Å². The summed E-state index contributed by atoms with van der Waals surface area (Å²) in [6.45, 7) is 1.50. The number of ketones is 1. The number of fused-ring (bicyclic) bond motifs is 1. The SMILES string of the molecule is COc1ccc(C(CC(=O)Nc2ccc(C(C)=O)cc2)n2cc3ccccc3c2O)cc1. The maximum absolute atomic E-state index is 12.9. The predicted octanol–water partition coefficient (Wildman–Crippen LogP) is 5.18. The quantitative estimate of drug-likeness (QED) is 0.398. The summed E-state index contributed by atoms with van der Waals surface area (Å²) in [5.74, 6) is 0.584. The molecule has 1 atom stereocenters. The Bertz CT molecular complexity index is 1260. The van der Waals surface area contributed by atoms with Crippen LogP contribution in [0.1, 0.15) is 35.3 Å². The molecule has 6 heteroatoms. The molecular formula is C26H24N2O4. The van der Waals surface area contributed by atoms with Crippen LogP contribution >= 0.6 is 0 Å². The van der Waals surface area contributed by atoms with Gasteiger partial charge in [-0.05, 0) is 55.0 Å². The fourth-order valence-corrected chi connectivity index (χ4v) is 3.78. The monoisotopic (exact) mass is 428 g/mol. The number of anilines is 1. The number of carbonyl (C=O) groups excluding carboxylic acids is 2. The number of hydrogen-bond acceptors (Lipinski definition) is 4. The summed E-state index contributed by atoms with van der Waals surface area (Å²) in [7, 11) is 1.60. The molecule has 1 heterocycles. The summed E-state index contributed by atoms with van der Waals surface area (Å²) in [4.78, 5) is 24.4. The molecule has 1 unspecified atom stereocenters. The van der Waals surface area contributed by atoms with Crippen LogP contribution in [0.25, 0.3) is 10.8 Å². The Morgan fingerprint density at radius 2 is 1.69 bits per heavy atom. The highest BCUT2D eigenvalue weighted by Gasteiger charge is 2.22. The van der Waals surface area contributed by atoms with E-state index in [4.69, 9.17) is 4.74 Å². The molecule has 1 amide bonds. The van der Waals surface area contributed by atoms with Gasteiger partial charge in [0.05, 0.1) is 19.6 Å². The molecular weight excluding hydrogens is 404 g/mol. The van der Waals surface area contributed by atoms with Gasteiger partial charge < -0.3 is 19.7 Å². The molecule has 0 aliphatic heterocycles. The Kier molecular flexibility index (Phi) is 5.94. The standard InChI is InChI=1S/C26H24N2O4/c1-17(29)18-7-11-21(12-8-18)27-25(30)15-24(19-9-13-22(32-2)14-10-19)28-16-20-5-3-4-6-23(20)26(28)31/h3-14,16,24,31H,15H2,1-2H3,(H,27,30). The first-order chi connectivity index (χ1) is 15.5. The number of aromatic hydroxyl groups is 1. The van der Waals surface area contributed by atoms with Crippen molar-refractivity contribution in [2.24, 2.45) is 0 Å². The second-order valence-electron chi connectivity index (χ2n) is 7.62. The van der Waals surface area contributed by atoms with Gasteiger partial charge in [-0.2, -0.15) is 0 Å². The summed E-state index contributed by atoms with van der Waals surface area (Å²) in [6, 6.07) is 21.4. The Labute approximate surface area is 186 Å². The van der Waals surface area contributed by atoms with Crippen molar-refractivity contribution in [3.63, 3.8) is 0 Å². The molecule has 0 spiro atoms. The molecule has 6 nitrogen and oxygen atoms in total. The number of aromatic nitrogens is 1. The van der Waals surface area contributed by atoms with Crippen molar-refractivity contribution in [3.05, 3.63) is 90.1 Å². The summed E-state index contributed by atoms with van der Waals surface area (Å²) in [6.07, 6.45) is 1.96. The smallest absolute Gasteiger partial charge is 0.226 e. The number of rotatable bonds is 7. The van der Waals surface area contributed by atoms with Crippen LogP contribution in [0.15, 0.2) is 79.0 Å². The average Bonchev–Trinajstić information content (AvgIpc) is 3.14. The zero-order valence-corrected chi connectivity index (χ0v) is 17.9. The summed E-state index contributed by atoms with van der Waals surface area (Å²) in [5.41, 5.74) is 2.06. The van der Waals surface area contributed by atoms with Crippen molar-refractivity contribution < 1.29 is 19.4 Å². The number of Topliss-reactive ketones (excluding diaryl/α,β-unsaturated/α-hetero) is 1. The number of amides is 1. The Balaban J connectivity index is 1.64. The van der Waals surface area contributed by atoms with Crippen LogP contribution in [0.2, 0.25) is 0 Å². The van der Waals surface area contributed by atoms with Crippen LogP contribution in [0.3, 0.4) is 0 Å². The zero-order chi connectivity index (χ0) is 22.7. The van der Waals surface area contributed by atoms with Crippen molar-refractivity contribution in [3.8, 4) is 11.6 Å². The van der Waals surface area contributed by atoms with Crippen molar-refractivity contribution in [1.29, 1.82) is 0 Å². The minimum atomic E-state index is -0.426. The number of carbonyl (C=O) groups is 2. The highest BCUT2D eigenvalue weighted by atomic mass is 16.5. The van der Waals surface area contributed by atoms with Crippen LogP contribution in [0.4, 0.5) is 5.69 Å². The molecule has 1 aromatic heterocycles. The van der Waals surface area contributed by atoms with Gasteiger partial charge in [0, 0.05) is 28.2 Å². The number of nitrogens with zero attached hydrogens (tertiary/aromatic N) is 1. The predicted molar refractivity (Wildman–Crippen MR) is 124 cm³/mol. The number of nitrogens with one attached hydrogen (secondary N) is 1. The summed E-state index contributed by atoms with van der Waals surface area (Å²) >= 11 is 0. The minimum Gasteiger partial charge on any atom is -0.497 e. The lowest BCUT2D eigenvalue weighted by molar-refractivity contribution is -0.116. The first-order valence-electron chi connectivity index (χ1n) is 10.3.